The van der Waals surface area contributed by atoms with Crippen LogP contribution in [0.3, 0.4) is 0 Å². The van der Waals surface area contributed by atoms with Crippen molar-refractivity contribution in [3.63, 3.8) is 0 Å². The van der Waals surface area contributed by atoms with E-state index in [0.717, 1.165) is 5.76 Å². The van der Waals surface area contributed by atoms with E-state index in [9.17, 15) is 9.59 Å². The van der Waals surface area contributed by atoms with E-state index in [4.69, 9.17) is 10.2 Å². The van der Waals surface area contributed by atoms with Gasteiger partial charge in [-0.25, -0.2) is 0 Å². The third-order valence-electron chi connectivity index (χ3n) is 3.23. The summed E-state index contributed by atoms with van der Waals surface area (Å²) >= 11 is 3.26. The largest absolute Gasteiger partial charge is 0.453 e. The molecule has 3 N–H and O–H groups in total. The molecule has 0 radical (unpaired) electrons. The summed E-state index contributed by atoms with van der Waals surface area (Å²) in [5, 5.41) is 2.78. The number of halogens is 1. The smallest absolute Gasteiger partial charge is 0.248 e. The molecule has 0 fully saturated rings. The lowest BCUT2D eigenvalue weighted by molar-refractivity contribution is -0.116. The minimum atomic E-state index is -0.492. The maximum atomic E-state index is 11.9. The van der Waals surface area contributed by atoms with Gasteiger partial charge in [0.2, 0.25) is 11.8 Å². The molecule has 0 aliphatic rings. The molecule has 7 heteroatoms. The second-order valence-electron chi connectivity index (χ2n) is 5.18. The molecule has 2 rings (SSSR count). The lowest BCUT2D eigenvalue weighted by atomic mass is 10.2. The van der Waals surface area contributed by atoms with Gasteiger partial charge in [-0.05, 0) is 59.4 Å². The highest BCUT2D eigenvalue weighted by Crippen LogP contribution is 2.15. The average molecular weight is 380 g/mol. The number of nitrogens with zero attached hydrogens (tertiary/aromatic N) is 1. The summed E-state index contributed by atoms with van der Waals surface area (Å²) in [6.07, 6.45) is 0.357. The maximum absolute atomic E-state index is 11.9. The Morgan fingerprint density at radius 3 is 2.48 bits per heavy atom. The molecule has 0 atom stereocenters. The molecule has 0 bridgehead atoms. The van der Waals surface area contributed by atoms with Gasteiger partial charge in [-0.2, -0.15) is 0 Å². The van der Waals surface area contributed by atoms with Crippen molar-refractivity contribution in [1.82, 2.24) is 4.90 Å². The number of primary amides is 1. The minimum absolute atomic E-state index is 0.0932. The first-order chi connectivity index (χ1) is 10.9. The zero-order valence-corrected chi connectivity index (χ0v) is 14.3. The highest BCUT2D eigenvalue weighted by molar-refractivity contribution is 9.10. The van der Waals surface area contributed by atoms with E-state index in [-0.39, 0.29) is 5.91 Å². The van der Waals surface area contributed by atoms with Crippen LogP contribution in [0.25, 0.3) is 0 Å². The van der Waals surface area contributed by atoms with Crippen molar-refractivity contribution in [3.05, 3.63) is 52.4 Å². The number of nitrogens with two attached hydrogens (primary N) is 1. The Morgan fingerprint density at radius 1 is 1.22 bits per heavy atom. The van der Waals surface area contributed by atoms with Crippen molar-refractivity contribution >= 4 is 33.4 Å². The van der Waals surface area contributed by atoms with E-state index in [1.165, 1.54) is 0 Å². The summed E-state index contributed by atoms with van der Waals surface area (Å²) < 4.78 is 6.12. The Balaban J connectivity index is 1.77. The Hall–Kier alpha value is -2.12. The molecule has 0 aliphatic heterocycles. The van der Waals surface area contributed by atoms with E-state index in [1.807, 2.05) is 24.1 Å². The molecule has 6 nitrogen and oxygen atoms in total. The van der Waals surface area contributed by atoms with Crippen LogP contribution in [0.5, 0.6) is 0 Å². The first-order valence-corrected chi connectivity index (χ1v) is 7.86. The fourth-order valence-corrected chi connectivity index (χ4v) is 2.36. The molecular formula is C16H18BrN3O3. The molecule has 1 aromatic carbocycles. The van der Waals surface area contributed by atoms with Gasteiger partial charge in [0, 0.05) is 24.2 Å². The maximum Gasteiger partial charge on any atom is 0.248 e. The normalized spacial score (nSPS) is 10.7. The van der Waals surface area contributed by atoms with Crippen LogP contribution in [0, 0.1) is 0 Å². The van der Waals surface area contributed by atoms with Gasteiger partial charge in [-0.3, -0.25) is 14.5 Å². The topological polar surface area (TPSA) is 88.6 Å². The molecule has 0 unspecified atom stereocenters. The molecule has 0 saturated carbocycles. The monoisotopic (exact) mass is 379 g/mol. The van der Waals surface area contributed by atoms with Crippen LogP contribution >= 0.6 is 15.9 Å². The average Bonchev–Trinajstić information content (AvgIpc) is 2.91. The highest BCUT2D eigenvalue weighted by Gasteiger charge is 2.08. The summed E-state index contributed by atoms with van der Waals surface area (Å²) in [6.45, 7) is 1.23. The SMILES string of the molecule is CN(CCC(=O)Nc1ccc(C(N)=O)cc1)Cc1ccc(Br)o1. The Morgan fingerprint density at radius 2 is 1.91 bits per heavy atom. The van der Waals surface area contributed by atoms with Crippen molar-refractivity contribution in [3.8, 4) is 0 Å². The van der Waals surface area contributed by atoms with Gasteiger partial charge in [0.25, 0.3) is 0 Å². The Kier molecular flexibility index (Phi) is 5.95. The van der Waals surface area contributed by atoms with Crippen molar-refractivity contribution in [2.75, 3.05) is 18.9 Å². The number of nitrogens with one attached hydrogen (secondary N) is 1. The first-order valence-electron chi connectivity index (χ1n) is 7.06. The van der Waals surface area contributed by atoms with Gasteiger partial charge in [-0.15, -0.1) is 0 Å². The van der Waals surface area contributed by atoms with Crippen LogP contribution in [-0.2, 0) is 11.3 Å². The molecule has 0 aliphatic carbocycles. The molecule has 1 aromatic heterocycles. The van der Waals surface area contributed by atoms with E-state index in [1.54, 1.807) is 24.3 Å². The number of anilines is 1. The summed E-state index contributed by atoms with van der Waals surface area (Å²) in [4.78, 5) is 24.9. The summed E-state index contributed by atoms with van der Waals surface area (Å²) in [5.41, 5.74) is 6.21. The van der Waals surface area contributed by atoms with Crippen LogP contribution < -0.4 is 11.1 Å². The van der Waals surface area contributed by atoms with Crippen LogP contribution in [0.4, 0.5) is 5.69 Å². The quantitative estimate of drug-likeness (QED) is 0.773. The molecule has 1 heterocycles. The Bertz CT molecular complexity index is 682. The van der Waals surface area contributed by atoms with Gasteiger partial charge in [-0.1, -0.05) is 0 Å². The lowest BCUT2D eigenvalue weighted by Gasteiger charge is -2.14. The summed E-state index contributed by atoms with van der Waals surface area (Å²) in [6, 6.07) is 10.2. The number of benzene rings is 1. The van der Waals surface area contributed by atoms with Gasteiger partial charge in [0.05, 0.1) is 6.54 Å². The summed E-state index contributed by atoms with van der Waals surface area (Å²) in [5.74, 6) is 0.250. The number of carbonyl (C=O) groups is 2. The summed E-state index contributed by atoms with van der Waals surface area (Å²) in [7, 11) is 1.92. The van der Waals surface area contributed by atoms with Crippen LogP contribution in [-0.4, -0.2) is 30.3 Å². The molecule has 0 spiro atoms. The second-order valence-corrected chi connectivity index (χ2v) is 5.96. The van der Waals surface area contributed by atoms with Gasteiger partial charge in [0.15, 0.2) is 4.67 Å². The number of rotatable bonds is 7. The van der Waals surface area contributed by atoms with E-state index in [0.29, 0.717) is 35.4 Å². The van der Waals surface area contributed by atoms with Gasteiger partial charge in [0.1, 0.15) is 5.76 Å². The second kappa shape index (κ2) is 7.94. The number of hydrogen-bond donors (Lipinski definition) is 2. The first kappa shape index (κ1) is 17.2. The van der Waals surface area contributed by atoms with Crippen LogP contribution in [0.15, 0.2) is 45.5 Å². The number of hydrogen-bond acceptors (Lipinski definition) is 4. The number of furan rings is 1. The zero-order valence-electron chi connectivity index (χ0n) is 12.7. The van der Waals surface area contributed by atoms with Crippen LogP contribution in [0.1, 0.15) is 22.5 Å². The number of carbonyl (C=O) groups excluding carboxylic acids is 2. The van der Waals surface area contributed by atoms with Crippen molar-refractivity contribution in [2.24, 2.45) is 5.73 Å². The van der Waals surface area contributed by atoms with Gasteiger partial charge >= 0.3 is 0 Å². The minimum Gasteiger partial charge on any atom is -0.453 e. The van der Waals surface area contributed by atoms with E-state index in [2.05, 4.69) is 21.2 Å². The van der Waals surface area contributed by atoms with Gasteiger partial charge < -0.3 is 15.5 Å². The standard InChI is InChI=1S/C16H18BrN3O3/c1-20(10-13-6-7-14(17)23-13)9-8-15(21)19-12-4-2-11(3-5-12)16(18)22/h2-7H,8-10H2,1H3,(H2,18,22)(H,19,21). The van der Waals surface area contributed by atoms with E-state index >= 15 is 0 Å². The molecular weight excluding hydrogens is 362 g/mol. The van der Waals surface area contributed by atoms with Crippen LogP contribution in [0.2, 0.25) is 0 Å². The zero-order chi connectivity index (χ0) is 16.8. The predicted octanol–water partition coefficient (Wildman–Crippen LogP) is 2.60. The highest BCUT2D eigenvalue weighted by atomic mass is 79.9. The molecule has 0 saturated heterocycles. The predicted molar refractivity (Wildman–Crippen MR) is 90.9 cm³/mol. The van der Waals surface area contributed by atoms with Crippen molar-refractivity contribution in [2.45, 2.75) is 13.0 Å². The molecule has 23 heavy (non-hydrogen) atoms. The third-order valence-corrected chi connectivity index (χ3v) is 3.65. The fourth-order valence-electron chi connectivity index (χ4n) is 2.02. The molecule has 2 amide bonds. The fraction of sp³-hybridized carbons (Fsp3) is 0.250. The van der Waals surface area contributed by atoms with Crippen molar-refractivity contribution in [1.29, 1.82) is 0 Å². The lowest BCUT2D eigenvalue weighted by Crippen LogP contribution is -2.23. The molecule has 122 valence electrons. The van der Waals surface area contributed by atoms with E-state index < -0.39 is 5.91 Å². The third kappa shape index (κ3) is 5.54. The molecule has 2 aromatic rings. The number of amides is 2. The van der Waals surface area contributed by atoms with Crippen molar-refractivity contribution < 1.29 is 14.0 Å². The Labute approximate surface area is 142 Å².